The molecule has 0 saturated carbocycles. The quantitative estimate of drug-likeness (QED) is 0.171. The molecule has 2 aromatic rings. The van der Waals surface area contributed by atoms with Gasteiger partial charge in [0, 0.05) is 24.7 Å². The van der Waals surface area contributed by atoms with E-state index in [-0.39, 0.29) is 66.4 Å². The fraction of sp³-hybridized carbons (Fsp3) is 0.487. The highest BCUT2D eigenvalue weighted by Gasteiger charge is 2.31. The van der Waals surface area contributed by atoms with Crippen LogP contribution in [0.5, 0.6) is 0 Å². The van der Waals surface area contributed by atoms with Crippen LogP contribution in [0.2, 0.25) is 0 Å². The average molecular weight is 597 g/mol. The number of rotatable bonds is 13. The van der Waals surface area contributed by atoms with E-state index in [1.54, 1.807) is 0 Å². The number of ketones is 3. The van der Waals surface area contributed by atoms with Crippen LogP contribution >= 0.6 is 0 Å². The predicted molar refractivity (Wildman–Crippen MR) is 175 cm³/mol. The summed E-state index contributed by atoms with van der Waals surface area (Å²) in [5.74, 6) is 0.107. The van der Waals surface area contributed by atoms with Crippen molar-refractivity contribution in [3.63, 3.8) is 0 Å². The SMILES string of the molecule is CCCC(CC1CC/C=C\C(CC(=O)OCC2c3ccccc3-c3ccccc32)=C(\C)CC(=O)C1)C(CC)C(=O)CC(C)=O. The third-order valence-corrected chi connectivity index (χ3v) is 9.44. The van der Waals surface area contributed by atoms with Crippen molar-refractivity contribution in [2.75, 3.05) is 6.61 Å². The number of esters is 1. The monoisotopic (exact) mass is 596 g/mol. The Morgan fingerprint density at radius 1 is 0.977 bits per heavy atom. The summed E-state index contributed by atoms with van der Waals surface area (Å²) in [4.78, 5) is 50.9. The zero-order valence-corrected chi connectivity index (χ0v) is 26.9. The van der Waals surface area contributed by atoms with Crippen molar-refractivity contribution >= 4 is 23.3 Å². The van der Waals surface area contributed by atoms with E-state index in [1.807, 2.05) is 44.2 Å². The van der Waals surface area contributed by atoms with Gasteiger partial charge in [0.05, 0.1) is 12.8 Å². The van der Waals surface area contributed by atoms with Crippen molar-refractivity contribution in [3.05, 3.63) is 83.0 Å². The molecule has 0 radical (unpaired) electrons. The molecule has 3 unspecified atom stereocenters. The van der Waals surface area contributed by atoms with Gasteiger partial charge < -0.3 is 4.74 Å². The molecule has 0 saturated heterocycles. The van der Waals surface area contributed by atoms with Crippen molar-refractivity contribution in [2.45, 2.75) is 97.8 Å². The summed E-state index contributed by atoms with van der Waals surface area (Å²) in [6.07, 6.45) is 10.1. The molecule has 0 amide bonds. The normalized spacial score (nSPS) is 20.7. The van der Waals surface area contributed by atoms with Crippen LogP contribution in [0.4, 0.5) is 0 Å². The molecule has 0 aromatic heterocycles. The Balaban J connectivity index is 1.38. The lowest BCUT2D eigenvalue weighted by molar-refractivity contribution is -0.143. The lowest BCUT2D eigenvalue weighted by Gasteiger charge is -2.29. The van der Waals surface area contributed by atoms with Crippen LogP contribution in [0.15, 0.2) is 71.8 Å². The van der Waals surface area contributed by atoms with Gasteiger partial charge in [0.25, 0.3) is 0 Å². The van der Waals surface area contributed by atoms with Crippen molar-refractivity contribution < 1.29 is 23.9 Å². The Hall–Kier alpha value is -3.60. The molecular weight excluding hydrogens is 548 g/mol. The summed E-state index contributed by atoms with van der Waals surface area (Å²) in [6.45, 7) is 7.86. The number of benzene rings is 2. The highest BCUT2D eigenvalue weighted by molar-refractivity contribution is 5.99. The van der Waals surface area contributed by atoms with E-state index < -0.39 is 0 Å². The van der Waals surface area contributed by atoms with Crippen molar-refractivity contribution in [1.29, 1.82) is 0 Å². The first-order valence-corrected chi connectivity index (χ1v) is 16.4. The number of carbonyl (C=O) groups excluding carboxylic acids is 4. The van der Waals surface area contributed by atoms with Gasteiger partial charge in [-0.1, -0.05) is 92.9 Å². The Morgan fingerprint density at radius 2 is 1.64 bits per heavy atom. The molecule has 4 rings (SSSR count). The van der Waals surface area contributed by atoms with Crippen LogP contribution in [0.25, 0.3) is 11.1 Å². The largest absolute Gasteiger partial charge is 0.464 e. The van der Waals surface area contributed by atoms with E-state index in [4.69, 9.17) is 4.74 Å². The minimum Gasteiger partial charge on any atom is -0.464 e. The fourth-order valence-electron chi connectivity index (χ4n) is 7.32. The molecule has 3 atom stereocenters. The van der Waals surface area contributed by atoms with Crippen LogP contribution in [-0.2, 0) is 23.9 Å². The maximum Gasteiger partial charge on any atom is 0.310 e. The Kier molecular flexibility index (Phi) is 12.1. The van der Waals surface area contributed by atoms with Gasteiger partial charge in [0.2, 0.25) is 0 Å². The van der Waals surface area contributed by atoms with Gasteiger partial charge >= 0.3 is 5.97 Å². The zero-order chi connectivity index (χ0) is 31.6. The van der Waals surface area contributed by atoms with E-state index in [9.17, 15) is 19.2 Å². The van der Waals surface area contributed by atoms with Gasteiger partial charge in [-0.3, -0.25) is 19.2 Å². The lowest BCUT2D eigenvalue weighted by atomic mass is 9.75. The third kappa shape index (κ3) is 8.52. The fourth-order valence-corrected chi connectivity index (χ4v) is 7.32. The van der Waals surface area contributed by atoms with Crippen LogP contribution in [0.1, 0.15) is 109 Å². The van der Waals surface area contributed by atoms with Crippen molar-refractivity contribution in [1.82, 2.24) is 0 Å². The summed E-state index contributed by atoms with van der Waals surface area (Å²) >= 11 is 0. The number of fused-ring (bicyclic) bond motifs is 3. The molecule has 0 heterocycles. The molecular formula is C39H48O5. The van der Waals surface area contributed by atoms with E-state index >= 15 is 0 Å². The second-order valence-electron chi connectivity index (χ2n) is 12.8. The topological polar surface area (TPSA) is 77.5 Å². The van der Waals surface area contributed by atoms with Gasteiger partial charge in [0.1, 0.15) is 24.0 Å². The van der Waals surface area contributed by atoms with Crippen LogP contribution < -0.4 is 0 Å². The number of ether oxygens (including phenoxy) is 1. The molecule has 0 fully saturated rings. The van der Waals surface area contributed by atoms with Crippen molar-refractivity contribution in [3.8, 4) is 11.1 Å². The molecule has 2 aliphatic carbocycles. The zero-order valence-electron chi connectivity index (χ0n) is 26.9. The average Bonchev–Trinajstić information content (AvgIpc) is 3.30. The first kappa shape index (κ1) is 33.3. The standard InChI is InChI=1S/C39H48O5/c1-5-13-30(32(6-2)38(42)21-27(4)40)22-28-14-7-8-15-29(26(3)20-31(41)23-28)24-39(43)44-25-37-35-18-11-9-16-33(35)34-17-10-12-19-36(34)37/h8-12,15-19,28,30,32,37H,5-7,13-14,20-25H2,1-4H3/b15-8-,29-26+. The van der Waals surface area contributed by atoms with E-state index in [2.05, 4.69) is 37.3 Å². The van der Waals surface area contributed by atoms with Gasteiger partial charge in [-0.15, -0.1) is 0 Å². The number of Topliss-reactive ketones (excluding diaryl/α,β-unsaturated/α-hetero) is 3. The number of hydrogen-bond acceptors (Lipinski definition) is 5. The first-order chi connectivity index (χ1) is 21.2. The molecule has 0 aliphatic heterocycles. The molecule has 2 aliphatic rings. The van der Waals surface area contributed by atoms with Crippen molar-refractivity contribution in [2.24, 2.45) is 17.8 Å². The van der Waals surface area contributed by atoms with Crippen LogP contribution in [0.3, 0.4) is 0 Å². The third-order valence-electron chi connectivity index (χ3n) is 9.44. The minimum absolute atomic E-state index is 0.00149. The van der Waals surface area contributed by atoms with Gasteiger partial charge in [-0.2, -0.15) is 0 Å². The lowest BCUT2D eigenvalue weighted by Crippen LogP contribution is -2.27. The highest BCUT2D eigenvalue weighted by atomic mass is 16.5. The smallest absolute Gasteiger partial charge is 0.310 e. The molecule has 44 heavy (non-hydrogen) atoms. The van der Waals surface area contributed by atoms with Gasteiger partial charge in [-0.25, -0.2) is 0 Å². The second kappa shape index (κ2) is 15.9. The second-order valence-corrected chi connectivity index (χ2v) is 12.8. The molecule has 234 valence electrons. The minimum atomic E-state index is -0.281. The molecule has 0 bridgehead atoms. The highest BCUT2D eigenvalue weighted by Crippen LogP contribution is 2.44. The number of carbonyl (C=O) groups is 4. The molecule has 2 aromatic carbocycles. The predicted octanol–water partition coefficient (Wildman–Crippen LogP) is 8.75. The maximum absolute atomic E-state index is 13.3. The Morgan fingerprint density at radius 3 is 2.25 bits per heavy atom. The number of allylic oxidation sites excluding steroid dienone is 3. The summed E-state index contributed by atoms with van der Waals surface area (Å²) in [6, 6.07) is 16.6. The van der Waals surface area contributed by atoms with E-state index in [1.165, 1.54) is 29.2 Å². The summed E-state index contributed by atoms with van der Waals surface area (Å²) < 4.78 is 5.87. The maximum atomic E-state index is 13.3. The summed E-state index contributed by atoms with van der Waals surface area (Å²) in [5, 5.41) is 0. The Bertz CT molecular complexity index is 1370. The van der Waals surface area contributed by atoms with Gasteiger partial charge in [0.15, 0.2) is 0 Å². The molecule has 0 spiro atoms. The molecule has 5 heteroatoms. The van der Waals surface area contributed by atoms with E-state index in [0.29, 0.717) is 12.8 Å². The van der Waals surface area contributed by atoms with Crippen LogP contribution in [0, 0.1) is 17.8 Å². The van der Waals surface area contributed by atoms with Crippen LogP contribution in [-0.4, -0.2) is 29.9 Å². The number of hydrogen-bond donors (Lipinski definition) is 0. The summed E-state index contributed by atoms with van der Waals surface area (Å²) in [7, 11) is 0. The first-order valence-electron chi connectivity index (χ1n) is 16.4. The summed E-state index contributed by atoms with van der Waals surface area (Å²) in [5.41, 5.74) is 6.54. The van der Waals surface area contributed by atoms with E-state index in [0.717, 1.165) is 49.7 Å². The Labute approximate surface area is 263 Å². The van der Waals surface area contributed by atoms with Gasteiger partial charge in [-0.05, 0) is 79.2 Å². The molecule has 5 nitrogen and oxygen atoms in total. The molecule has 0 N–H and O–H groups in total.